The summed E-state index contributed by atoms with van der Waals surface area (Å²) in [5.41, 5.74) is 1.87. The van der Waals surface area contributed by atoms with Crippen LogP contribution in [0.15, 0.2) is 48.5 Å². The summed E-state index contributed by atoms with van der Waals surface area (Å²) in [6.45, 7) is 0. The number of rotatable bonds is 5. The van der Waals surface area contributed by atoms with Crippen LogP contribution in [0.5, 0.6) is 11.5 Å². The molecule has 2 N–H and O–H groups in total. The van der Waals surface area contributed by atoms with Gasteiger partial charge in [-0.15, -0.1) is 15.3 Å². The number of benzene rings is 2. The molecular formula is C17H15N5O2S. The molecule has 4 aromatic rings. The molecule has 7 nitrogen and oxygen atoms in total. The fourth-order valence-electron chi connectivity index (χ4n) is 2.48. The first kappa shape index (κ1) is 15.4. The summed E-state index contributed by atoms with van der Waals surface area (Å²) >= 11 is 1.42. The molecule has 0 radical (unpaired) electrons. The van der Waals surface area contributed by atoms with Crippen molar-refractivity contribution in [2.75, 3.05) is 12.4 Å². The molecule has 8 heteroatoms. The van der Waals surface area contributed by atoms with E-state index in [2.05, 4.69) is 20.6 Å². The molecule has 0 saturated heterocycles. The van der Waals surface area contributed by atoms with Gasteiger partial charge in [0.15, 0.2) is 5.82 Å². The Hall–Kier alpha value is -3.13. The zero-order valence-electron chi connectivity index (χ0n) is 13.4. The van der Waals surface area contributed by atoms with E-state index in [0.29, 0.717) is 16.5 Å². The van der Waals surface area contributed by atoms with Gasteiger partial charge in [-0.1, -0.05) is 35.6 Å². The zero-order valence-corrected chi connectivity index (χ0v) is 14.2. The van der Waals surface area contributed by atoms with Crippen LogP contribution >= 0.6 is 11.3 Å². The summed E-state index contributed by atoms with van der Waals surface area (Å²) in [5.74, 6) is 1.73. The maximum Gasteiger partial charge on any atom is 0.236 e. The molecule has 126 valence electrons. The Kier molecular flexibility index (Phi) is 3.95. The van der Waals surface area contributed by atoms with Crippen molar-refractivity contribution in [1.82, 2.24) is 19.8 Å². The van der Waals surface area contributed by atoms with E-state index in [4.69, 9.17) is 4.74 Å². The van der Waals surface area contributed by atoms with E-state index in [-0.39, 0.29) is 5.75 Å². The SMILES string of the molecule is COc1ccccc1Nc1nn2c(Cc3ccc(O)cc3)nnc2s1. The quantitative estimate of drug-likeness (QED) is 0.573. The van der Waals surface area contributed by atoms with Crippen LogP contribution in [0.1, 0.15) is 11.4 Å². The molecule has 0 aliphatic carbocycles. The van der Waals surface area contributed by atoms with E-state index in [1.54, 1.807) is 23.8 Å². The molecule has 0 aliphatic rings. The molecule has 4 rings (SSSR count). The fourth-order valence-corrected chi connectivity index (χ4v) is 3.25. The van der Waals surface area contributed by atoms with Crippen LogP contribution in [0.3, 0.4) is 0 Å². The van der Waals surface area contributed by atoms with E-state index in [9.17, 15) is 5.11 Å². The van der Waals surface area contributed by atoms with Gasteiger partial charge in [-0.3, -0.25) is 0 Å². The highest BCUT2D eigenvalue weighted by molar-refractivity contribution is 7.20. The number of aromatic hydroxyl groups is 1. The number of anilines is 2. The number of nitrogens with zero attached hydrogens (tertiary/aromatic N) is 4. The number of hydrogen-bond acceptors (Lipinski definition) is 7. The second-order valence-corrected chi connectivity index (χ2v) is 6.34. The lowest BCUT2D eigenvalue weighted by molar-refractivity contribution is 0.417. The Labute approximate surface area is 147 Å². The van der Waals surface area contributed by atoms with Gasteiger partial charge in [0.1, 0.15) is 11.5 Å². The summed E-state index contributed by atoms with van der Waals surface area (Å²) < 4.78 is 7.08. The van der Waals surface area contributed by atoms with E-state index in [0.717, 1.165) is 22.8 Å². The van der Waals surface area contributed by atoms with E-state index in [1.165, 1.54) is 11.3 Å². The fraction of sp³-hybridized carbons (Fsp3) is 0.118. The molecule has 0 amide bonds. The topological polar surface area (TPSA) is 84.6 Å². The largest absolute Gasteiger partial charge is 0.508 e. The minimum Gasteiger partial charge on any atom is -0.508 e. The summed E-state index contributed by atoms with van der Waals surface area (Å²) in [4.78, 5) is 0.714. The molecule has 2 heterocycles. The smallest absolute Gasteiger partial charge is 0.236 e. The van der Waals surface area contributed by atoms with Gasteiger partial charge in [-0.2, -0.15) is 4.52 Å². The number of para-hydroxylation sites is 2. The predicted octanol–water partition coefficient (Wildman–Crippen LogP) is 3.23. The highest BCUT2D eigenvalue weighted by Crippen LogP contribution is 2.29. The minimum absolute atomic E-state index is 0.243. The number of phenolic OH excluding ortho intramolecular Hbond substituents is 1. The van der Waals surface area contributed by atoms with Gasteiger partial charge < -0.3 is 15.2 Å². The van der Waals surface area contributed by atoms with Crippen LogP contribution in [-0.4, -0.2) is 32.0 Å². The predicted molar refractivity (Wildman–Crippen MR) is 95.8 cm³/mol. The van der Waals surface area contributed by atoms with Crippen LogP contribution in [0, 0.1) is 0 Å². The molecular weight excluding hydrogens is 338 g/mol. The lowest BCUT2D eigenvalue weighted by Gasteiger charge is -2.07. The van der Waals surface area contributed by atoms with Crippen molar-refractivity contribution < 1.29 is 9.84 Å². The lowest BCUT2D eigenvalue weighted by atomic mass is 10.1. The third-order valence-electron chi connectivity index (χ3n) is 3.70. The van der Waals surface area contributed by atoms with Crippen LogP contribution in [0.4, 0.5) is 10.8 Å². The standard InChI is InChI=1S/C17H15N5O2S/c1-24-14-5-3-2-4-13(14)18-16-21-22-15(19-20-17(22)25-16)10-11-6-8-12(23)9-7-11/h2-9,23H,10H2,1H3,(H,18,21). The van der Waals surface area contributed by atoms with E-state index >= 15 is 0 Å². The molecule has 0 unspecified atom stereocenters. The molecule has 25 heavy (non-hydrogen) atoms. The summed E-state index contributed by atoms with van der Waals surface area (Å²) in [6, 6.07) is 14.7. The number of hydrogen-bond donors (Lipinski definition) is 2. The Morgan fingerprint density at radius 3 is 2.72 bits per heavy atom. The number of ether oxygens (including phenoxy) is 1. The molecule has 0 atom stereocenters. The van der Waals surface area contributed by atoms with Crippen molar-refractivity contribution in [3.8, 4) is 11.5 Å². The highest BCUT2D eigenvalue weighted by atomic mass is 32.1. The molecule has 2 aromatic heterocycles. The molecule has 0 fully saturated rings. The maximum atomic E-state index is 9.38. The van der Waals surface area contributed by atoms with Gasteiger partial charge in [0.05, 0.1) is 12.8 Å². The van der Waals surface area contributed by atoms with Crippen LogP contribution in [-0.2, 0) is 6.42 Å². The van der Waals surface area contributed by atoms with E-state index in [1.807, 2.05) is 36.4 Å². The number of nitrogens with one attached hydrogen (secondary N) is 1. The zero-order chi connectivity index (χ0) is 17.2. The minimum atomic E-state index is 0.243. The molecule has 0 aliphatic heterocycles. The van der Waals surface area contributed by atoms with Crippen LogP contribution in [0.25, 0.3) is 4.96 Å². The first-order chi connectivity index (χ1) is 12.2. The van der Waals surface area contributed by atoms with Gasteiger partial charge in [0.2, 0.25) is 10.1 Å². The monoisotopic (exact) mass is 353 g/mol. The third kappa shape index (κ3) is 3.11. The highest BCUT2D eigenvalue weighted by Gasteiger charge is 2.13. The number of fused-ring (bicyclic) bond motifs is 1. The Morgan fingerprint density at radius 2 is 1.92 bits per heavy atom. The van der Waals surface area contributed by atoms with Crippen molar-refractivity contribution in [2.24, 2.45) is 0 Å². The number of aromatic nitrogens is 4. The Bertz CT molecular complexity index is 1010. The number of methoxy groups -OCH3 is 1. The van der Waals surface area contributed by atoms with Gasteiger partial charge in [-0.25, -0.2) is 0 Å². The summed E-state index contributed by atoms with van der Waals surface area (Å²) in [5, 5.41) is 26.3. The lowest BCUT2D eigenvalue weighted by Crippen LogP contribution is -1.99. The first-order valence-electron chi connectivity index (χ1n) is 7.62. The van der Waals surface area contributed by atoms with Crippen LogP contribution in [0.2, 0.25) is 0 Å². The van der Waals surface area contributed by atoms with Gasteiger partial charge in [-0.05, 0) is 29.8 Å². The van der Waals surface area contributed by atoms with Crippen molar-refractivity contribution in [3.63, 3.8) is 0 Å². The second-order valence-electron chi connectivity index (χ2n) is 5.39. The molecule has 0 saturated carbocycles. The summed E-state index contributed by atoms with van der Waals surface area (Å²) in [6.07, 6.45) is 0.583. The van der Waals surface area contributed by atoms with E-state index < -0.39 is 0 Å². The summed E-state index contributed by atoms with van der Waals surface area (Å²) in [7, 11) is 1.63. The van der Waals surface area contributed by atoms with Gasteiger partial charge in [0, 0.05) is 6.42 Å². The average molecular weight is 353 g/mol. The van der Waals surface area contributed by atoms with Crippen molar-refractivity contribution >= 4 is 27.1 Å². The van der Waals surface area contributed by atoms with Crippen molar-refractivity contribution in [1.29, 1.82) is 0 Å². The maximum absolute atomic E-state index is 9.38. The average Bonchev–Trinajstić information content (AvgIpc) is 3.19. The number of phenols is 1. The molecule has 0 spiro atoms. The first-order valence-corrected chi connectivity index (χ1v) is 8.43. The Morgan fingerprint density at radius 1 is 1.12 bits per heavy atom. The van der Waals surface area contributed by atoms with Crippen molar-refractivity contribution in [2.45, 2.75) is 6.42 Å². The van der Waals surface area contributed by atoms with Gasteiger partial charge >= 0.3 is 0 Å². The molecule has 0 bridgehead atoms. The second kappa shape index (κ2) is 6.40. The third-order valence-corrected chi connectivity index (χ3v) is 4.52. The normalized spacial score (nSPS) is 10.9. The van der Waals surface area contributed by atoms with Crippen LogP contribution < -0.4 is 10.1 Å². The van der Waals surface area contributed by atoms with Gasteiger partial charge in [0.25, 0.3) is 0 Å². The Balaban J connectivity index is 1.61. The van der Waals surface area contributed by atoms with Crippen molar-refractivity contribution in [3.05, 3.63) is 59.9 Å². The molecule has 2 aromatic carbocycles.